The third-order valence-corrected chi connectivity index (χ3v) is 5.80. The molecule has 1 aliphatic carbocycles. The number of urea groups is 1. The number of hydrogen-bond acceptors (Lipinski definition) is 5. The first-order valence-corrected chi connectivity index (χ1v) is 9.61. The number of nitrogens with two attached hydrogens (primary N) is 1. The molecule has 5 N–H and O–H groups in total. The zero-order chi connectivity index (χ0) is 18.7. The molecule has 0 aliphatic heterocycles. The van der Waals surface area contributed by atoms with Gasteiger partial charge < -0.3 is 16.2 Å². The molecule has 1 saturated carbocycles. The molecule has 1 atom stereocenters. The molecule has 0 spiro atoms. The average molecular weight is 376 g/mol. The molecular weight excluding hydrogens is 356 g/mol. The fourth-order valence-corrected chi connectivity index (χ4v) is 4.23. The van der Waals surface area contributed by atoms with Gasteiger partial charge in [-0.2, -0.15) is 0 Å². The lowest BCUT2D eigenvalue weighted by atomic mass is 9.76. The fourth-order valence-electron chi connectivity index (χ4n) is 2.95. The summed E-state index contributed by atoms with van der Waals surface area (Å²) in [5, 5.41) is 12.0. The molecule has 0 unspecified atom stereocenters. The second-order valence-electron chi connectivity index (χ2n) is 6.25. The standard InChI is InChI=1S/C17H20N4O4S/c18-17(23)20-12-4-6-14(7-5-12)26(24,25)21-16(11-9-13(22)10-11)15-3-1-2-8-19-15/h1-8,11,13,16,21-22H,9-10H2,(H3,18,20,23)/t11?,13?,16-/m0/s1. The number of carbonyl (C=O) groups excluding carboxylic acids is 1. The van der Waals surface area contributed by atoms with Crippen molar-refractivity contribution in [2.24, 2.45) is 11.7 Å². The quantitative estimate of drug-likeness (QED) is 0.604. The molecule has 0 bridgehead atoms. The third kappa shape index (κ3) is 4.18. The maximum absolute atomic E-state index is 12.8. The van der Waals surface area contributed by atoms with E-state index in [2.05, 4.69) is 15.0 Å². The van der Waals surface area contributed by atoms with Crippen LogP contribution in [0, 0.1) is 5.92 Å². The molecule has 1 fully saturated rings. The smallest absolute Gasteiger partial charge is 0.316 e. The Kier molecular flexibility index (Phi) is 5.21. The number of pyridine rings is 1. The normalized spacial score (nSPS) is 20.8. The van der Waals surface area contributed by atoms with Crippen molar-refractivity contribution in [3.05, 3.63) is 54.4 Å². The second-order valence-corrected chi connectivity index (χ2v) is 7.97. The Morgan fingerprint density at radius 3 is 2.42 bits per heavy atom. The van der Waals surface area contributed by atoms with Gasteiger partial charge in [-0.25, -0.2) is 17.9 Å². The maximum atomic E-state index is 12.8. The van der Waals surface area contributed by atoms with Crippen molar-refractivity contribution in [1.29, 1.82) is 0 Å². The number of aromatic nitrogens is 1. The summed E-state index contributed by atoms with van der Waals surface area (Å²) in [5.41, 5.74) is 6.05. The average Bonchev–Trinajstić information content (AvgIpc) is 2.58. The number of sulfonamides is 1. The van der Waals surface area contributed by atoms with Crippen LogP contribution in [0.4, 0.5) is 10.5 Å². The van der Waals surface area contributed by atoms with E-state index in [-0.39, 0.29) is 10.8 Å². The molecule has 9 heteroatoms. The number of aliphatic hydroxyl groups is 1. The van der Waals surface area contributed by atoms with Crippen LogP contribution in [-0.4, -0.2) is 30.6 Å². The monoisotopic (exact) mass is 376 g/mol. The van der Waals surface area contributed by atoms with Gasteiger partial charge in [0.1, 0.15) is 0 Å². The van der Waals surface area contributed by atoms with Gasteiger partial charge in [0.15, 0.2) is 0 Å². The van der Waals surface area contributed by atoms with Crippen LogP contribution in [0.1, 0.15) is 24.6 Å². The van der Waals surface area contributed by atoms with Crippen molar-refractivity contribution in [2.75, 3.05) is 5.32 Å². The molecule has 2 aromatic rings. The Hall–Kier alpha value is -2.49. The minimum absolute atomic E-state index is 0.0227. The second kappa shape index (κ2) is 7.40. The largest absolute Gasteiger partial charge is 0.393 e. The SMILES string of the molecule is NC(=O)Nc1ccc(S(=O)(=O)N[C@H](c2ccccn2)C2CC(O)C2)cc1. The van der Waals surface area contributed by atoms with Gasteiger partial charge in [0.05, 0.1) is 22.7 Å². The van der Waals surface area contributed by atoms with E-state index in [9.17, 15) is 18.3 Å². The van der Waals surface area contributed by atoms with Gasteiger partial charge in [0.25, 0.3) is 0 Å². The van der Waals surface area contributed by atoms with Crippen molar-refractivity contribution in [3.63, 3.8) is 0 Å². The molecule has 1 aromatic carbocycles. The summed E-state index contributed by atoms with van der Waals surface area (Å²) in [6.45, 7) is 0. The number of benzene rings is 1. The molecule has 3 rings (SSSR count). The fraction of sp³-hybridized carbons (Fsp3) is 0.294. The summed E-state index contributed by atoms with van der Waals surface area (Å²) in [7, 11) is -3.81. The number of anilines is 1. The van der Waals surface area contributed by atoms with E-state index in [4.69, 9.17) is 5.73 Å². The van der Waals surface area contributed by atoms with E-state index in [1.807, 2.05) is 0 Å². The minimum Gasteiger partial charge on any atom is -0.393 e. The van der Waals surface area contributed by atoms with Crippen LogP contribution in [0.15, 0.2) is 53.6 Å². The predicted octanol–water partition coefficient (Wildman–Crippen LogP) is 1.36. The number of hydrogen-bond donors (Lipinski definition) is 4. The number of rotatable bonds is 6. The van der Waals surface area contributed by atoms with Crippen molar-refractivity contribution in [3.8, 4) is 0 Å². The number of carbonyl (C=O) groups is 1. The molecule has 0 radical (unpaired) electrons. The molecule has 138 valence electrons. The van der Waals surface area contributed by atoms with Gasteiger partial charge in [0.2, 0.25) is 10.0 Å². The molecule has 1 aliphatic rings. The Balaban J connectivity index is 1.82. The van der Waals surface area contributed by atoms with Crippen molar-refractivity contribution in [1.82, 2.24) is 9.71 Å². The Morgan fingerprint density at radius 2 is 1.88 bits per heavy atom. The Labute approximate surface area is 151 Å². The van der Waals surface area contributed by atoms with Crippen LogP contribution in [-0.2, 0) is 10.0 Å². The molecule has 26 heavy (non-hydrogen) atoms. The highest BCUT2D eigenvalue weighted by Crippen LogP contribution is 2.38. The summed E-state index contributed by atoms with van der Waals surface area (Å²) in [5.74, 6) is -0.0227. The first kappa shape index (κ1) is 18.3. The highest BCUT2D eigenvalue weighted by molar-refractivity contribution is 7.89. The lowest BCUT2D eigenvalue weighted by molar-refractivity contribution is 0.0273. The van der Waals surface area contributed by atoms with E-state index < -0.39 is 28.2 Å². The number of aliphatic hydroxyl groups excluding tert-OH is 1. The van der Waals surface area contributed by atoms with Crippen LogP contribution >= 0.6 is 0 Å². The highest BCUT2D eigenvalue weighted by Gasteiger charge is 2.37. The van der Waals surface area contributed by atoms with E-state index in [0.717, 1.165) is 0 Å². The van der Waals surface area contributed by atoms with Gasteiger partial charge in [0, 0.05) is 11.9 Å². The van der Waals surface area contributed by atoms with Gasteiger partial charge in [-0.1, -0.05) is 6.07 Å². The molecule has 8 nitrogen and oxygen atoms in total. The van der Waals surface area contributed by atoms with Gasteiger partial charge in [-0.3, -0.25) is 4.98 Å². The molecule has 2 amide bonds. The lowest BCUT2D eigenvalue weighted by Crippen LogP contribution is -2.41. The van der Waals surface area contributed by atoms with Crippen molar-refractivity contribution >= 4 is 21.7 Å². The van der Waals surface area contributed by atoms with E-state index in [0.29, 0.717) is 24.2 Å². The Bertz CT molecular complexity index is 865. The predicted molar refractivity (Wildman–Crippen MR) is 95.7 cm³/mol. The first-order valence-electron chi connectivity index (χ1n) is 8.13. The zero-order valence-electron chi connectivity index (χ0n) is 13.9. The third-order valence-electron chi connectivity index (χ3n) is 4.34. The highest BCUT2D eigenvalue weighted by atomic mass is 32.2. The Morgan fingerprint density at radius 1 is 1.19 bits per heavy atom. The lowest BCUT2D eigenvalue weighted by Gasteiger charge is -2.37. The molecule has 1 heterocycles. The van der Waals surface area contributed by atoms with E-state index in [1.165, 1.54) is 24.3 Å². The summed E-state index contributed by atoms with van der Waals surface area (Å²) in [4.78, 5) is 15.2. The van der Waals surface area contributed by atoms with Crippen LogP contribution in [0.2, 0.25) is 0 Å². The van der Waals surface area contributed by atoms with Gasteiger partial charge in [-0.05, 0) is 55.2 Å². The van der Waals surface area contributed by atoms with Crippen LogP contribution in [0.3, 0.4) is 0 Å². The summed E-state index contributed by atoms with van der Waals surface area (Å²) >= 11 is 0. The summed E-state index contributed by atoms with van der Waals surface area (Å²) in [6, 6.07) is 9.77. The van der Waals surface area contributed by atoms with Gasteiger partial charge in [-0.15, -0.1) is 0 Å². The number of primary amides is 1. The van der Waals surface area contributed by atoms with Crippen LogP contribution in [0.25, 0.3) is 0 Å². The first-order chi connectivity index (χ1) is 12.3. The van der Waals surface area contributed by atoms with Crippen LogP contribution in [0.5, 0.6) is 0 Å². The number of nitrogens with zero attached hydrogens (tertiary/aromatic N) is 1. The van der Waals surface area contributed by atoms with Crippen molar-refractivity contribution in [2.45, 2.75) is 29.9 Å². The topological polar surface area (TPSA) is 134 Å². The maximum Gasteiger partial charge on any atom is 0.316 e. The number of nitrogens with one attached hydrogen (secondary N) is 2. The minimum atomic E-state index is -3.81. The van der Waals surface area contributed by atoms with Crippen molar-refractivity contribution < 1.29 is 18.3 Å². The van der Waals surface area contributed by atoms with Crippen LogP contribution < -0.4 is 15.8 Å². The number of amides is 2. The zero-order valence-corrected chi connectivity index (χ0v) is 14.7. The molecule has 1 aromatic heterocycles. The molecular formula is C17H20N4O4S. The summed E-state index contributed by atoms with van der Waals surface area (Å²) in [6.07, 6.45) is 2.24. The van der Waals surface area contributed by atoms with Gasteiger partial charge >= 0.3 is 6.03 Å². The van der Waals surface area contributed by atoms with E-state index in [1.54, 1.807) is 24.4 Å². The molecule has 0 saturated heterocycles. The summed E-state index contributed by atoms with van der Waals surface area (Å²) < 4.78 is 28.2. The van der Waals surface area contributed by atoms with E-state index >= 15 is 0 Å².